The molecule has 158 valence electrons. The summed E-state index contributed by atoms with van der Waals surface area (Å²) in [5, 5.41) is 0.529. The molecule has 0 radical (unpaired) electrons. The van der Waals surface area contributed by atoms with Gasteiger partial charge in [0.1, 0.15) is 6.04 Å². The monoisotopic (exact) mass is 434 g/mol. The third-order valence-electron chi connectivity index (χ3n) is 6.55. The number of amides is 2. The minimum atomic E-state index is -0.726. The Labute approximate surface area is 186 Å². The van der Waals surface area contributed by atoms with Gasteiger partial charge in [0.25, 0.3) is 0 Å². The molecule has 0 saturated carbocycles. The maximum atomic E-state index is 13.7. The van der Waals surface area contributed by atoms with Crippen molar-refractivity contribution >= 4 is 41.0 Å². The molecule has 0 N–H and O–H groups in total. The fourth-order valence-electron chi connectivity index (χ4n) is 5.15. The smallest absolute Gasteiger partial charge is 0.240 e. The summed E-state index contributed by atoms with van der Waals surface area (Å²) in [4.78, 5) is 44.1. The quantitative estimate of drug-likeness (QED) is 0.654. The first-order valence-corrected chi connectivity index (χ1v) is 10.8. The van der Waals surface area contributed by atoms with Crippen LogP contribution in [-0.2, 0) is 14.4 Å². The van der Waals surface area contributed by atoms with E-state index in [1.807, 2.05) is 62.2 Å². The van der Waals surface area contributed by atoms with Crippen LogP contribution in [0, 0.1) is 17.3 Å². The van der Waals surface area contributed by atoms with Crippen molar-refractivity contribution < 1.29 is 14.4 Å². The molecular weight excluding hydrogens is 412 g/mol. The molecule has 0 spiro atoms. The molecule has 2 fully saturated rings. The number of carbonyl (C=O) groups is 3. The lowest BCUT2D eigenvalue weighted by atomic mass is 9.79. The van der Waals surface area contributed by atoms with E-state index in [4.69, 9.17) is 11.6 Å². The molecule has 3 aliphatic heterocycles. The van der Waals surface area contributed by atoms with Crippen LogP contribution in [0.15, 0.2) is 54.7 Å². The average molecular weight is 435 g/mol. The molecule has 2 aromatic rings. The van der Waals surface area contributed by atoms with Crippen molar-refractivity contribution in [2.24, 2.45) is 17.3 Å². The van der Waals surface area contributed by atoms with E-state index in [1.165, 1.54) is 4.90 Å². The first-order chi connectivity index (χ1) is 14.7. The summed E-state index contributed by atoms with van der Waals surface area (Å²) in [6.07, 6.45) is 3.84. The predicted molar refractivity (Wildman–Crippen MR) is 119 cm³/mol. The second-order valence-electron chi connectivity index (χ2n) is 9.44. The first kappa shape index (κ1) is 20.0. The zero-order chi connectivity index (χ0) is 22.1. The highest BCUT2D eigenvalue weighted by atomic mass is 35.5. The molecule has 0 aromatic heterocycles. The summed E-state index contributed by atoms with van der Waals surface area (Å²) in [6.45, 7) is 5.58. The lowest BCUT2D eigenvalue weighted by Crippen LogP contribution is -2.47. The van der Waals surface area contributed by atoms with Gasteiger partial charge in [0.05, 0.1) is 23.6 Å². The summed E-state index contributed by atoms with van der Waals surface area (Å²) in [5.41, 5.74) is 1.83. The summed E-state index contributed by atoms with van der Waals surface area (Å²) in [5.74, 6) is -1.96. The third kappa shape index (κ3) is 2.87. The minimum Gasteiger partial charge on any atom is -0.359 e. The fourth-order valence-corrected chi connectivity index (χ4v) is 5.27. The fraction of sp³-hybridized carbons (Fsp3) is 0.320. The van der Waals surface area contributed by atoms with E-state index in [2.05, 4.69) is 0 Å². The number of carbonyl (C=O) groups excluding carboxylic acids is 3. The van der Waals surface area contributed by atoms with Crippen molar-refractivity contribution in [3.8, 4) is 0 Å². The molecule has 31 heavy (non-hydrogen) atoms. The first-order valence-electron chi connectivity index (χ1n) is 10.4. The number of anilines is 1. The standard InChI is InChI=1S/C25H23ClN2O3/c1-25(2,3)22(29)21-19-18(20-17-7-5-4-6-14(17)12-13-27(20)21)23(30)28(24(19)31)16-10-8-15(26)9-11-16/h4-13,18-21H,1-3H3/t18-,19+,20?,21-/m0/s1. The molecule has 5 rings (SSSR count). The van der Waals surface area contributed by atoms with Crippen LogP contribution in [-0.4, -0.2) is 28.5 Å². The summed E-state index contributed by atoms with van der Waals surface area (Å²) in [7, 11) is 0. The summed E-state index contributed by atoms with van der Waals surface area (Å²) >= 11 is 6.00. The van der Waals surface area contributed by atoms with E-state index in [0.717, 1.165) is 11.1 Å². The molecule has 3 heterocycles. The molecule has 4 atom stereocenters. The van der Waals surface area contributed by atoms with E-state index < -0.39 is 23.3 Å². The van der Waals surface area contributed by atoms with Gasteiger partial charge in [-0.1, -0.05) is 56.6 Å². The van der Waals surface area contributed by atoms with Crippen molar-refractivity contribution in [3.63, 3.8) is 0 Å². The van der Waals surface area contributed by atoms with Gasteiger partial charge in [-0.05, 0) is 41.5 Å². The number of hydrogen-bond donors (Lipinski definition) is 0. The maximum absolute atomic E-state index is 13.7. The molecule has 2 saturated heterocycles. The number of ketones is 1. The van der Waals surface area contributed by atoms with Gasteiger partial charge in [-0.2, -0.15) is 0 Å². The lowest BCUT2D eigenvalue weighted by molar-refractivity contribution is -0.135. The Hall–Kier alpha value is -2.92. The number of hydrogen-bond acceptors (Lipinski definition) is 4. The van der Waals surface area contributed by atoms with Crippen LogP contribution < -0.4 is 4.90 Å². The van der Waals surface area contributed by atoms with Gasteiger partial charge >= 0.3 is 0 Å². The number of halogens is 1. The molecular formula is C25H23ClN2O3. The number of nitrogens with zero attached hydrogens (tertiary/aromatic N) is 2. The normalized spacial score (nSPS) is 26.7. The molecule has 6 heteroatoms. The van der Waals surface area contributed by atoms with E-state index in [0.29, 0.717) is 10.7 Å². The number of rotatable bonds is 2. The van der Waals surface area contributed by atoms with Crippen LogP contribution in [0.2, 0.25) is 5.02 Å². The Kier molecular flexibility index (Phi) is 4.38. The minimum absolute atomic E-state index is 0.0341. The predicted octanol–water partition coefficient (Wildman–Crippen LogP) is 4.47. The Morgan fingerprint density at radius 1 is 0.935 bits per heavy atom. The second kappa shape index (κ2) is 6.79. The molecule has 0 aliphatic carbocycles. The van der Waals surface area contributed by atoms with Gasteiger partial charge in [0, 0.05) is 16.6 Å². The number of Topliss-reactive ketones (excluding diaryl/α,β-unsaturated/α-hetero) is 1. The molecule has 2 amide bonds. The van der Waals surface area contributed by atoms with Crippen molar-refractivity contribution in [1.29, 1.82) is 0 Å². The Bertz CT molecular complexity index is 1130. The number of imide groups is 1. The topological polar surface area (TPSA) is 57.7 Å². The lowest BCUT2D eigenvalue weighted by Gasteiger charge is -2.37. The Morgan fingerprint density at radius 2 is 1.58 bits per heavy atom. The van der Waals surface area contributed by atoms with Crippen LogP contribution >= 0.6 is 11.6 Å². The van der Waals surface area contributed by atoms with Crippen LogP contribution in [0.4, 0.5) is 5.69 Å². The van der Waals surface area contributed by atoms with Crippen molar-refractivity contribution in [2.75, 3.05) is 4.90 Å². The summed E-state index contributed by atoms with van der Waals surface area (Å²) < 4.78 is 0. The second-order valence-corrected chi connectivity index (χ2v) is 9.87. The average Bonchev–Trinajstić information content (AvgIpc) is 3.20. The Balaban J connectivity index is 1.66. The number of fused-ring (bicyclic) bond motifs is 5. The van der Waals surface area contributed by atoms with E-state index in [9.17, 15) is 14.4 Å². The highest BCUT2D eigenvalue weighted by molar-refractivity contribution is 6.31. The zero-order valence-electron chi connectivity index (χ0n) is 17.6. The maximum Gasteiger partial charge on any atom is 0.240 e. The number of benzene rings is 2. The van der Waals surface area contributed by atoms with Crippen LogP contribution in [0.5, 0.6) is 0 Å². The summed E-state index contributed by atoms with van der Waals surface area (Å²) in [6, 6.07) is 13.5. The molecule has 1 unspecified atom stereocenters. The largest absolute Gasteiger partial charge is 0.359 e. The highest BCUT2D eigenvalue weighted by Crippen LogP contribution is 2.54. The molecule has 2 aromatic carbocycles. The zero-order valence-corrected chi connectivity index (χ0v) is 18.3. The van der Waals surface area contributed by atoms with Gasteiger partial charge in [-0.25, -0.2) is 4.90 Å². The van der Waals surface area contributed by atoms with Crippen molar-refractivity contribution in [2.45, 2.75) is 32.9 Å². The Morgan fingerprint density at radius 3 is 2.26 bits per heavy atom. The van der Waals surface area contributed by atoms with Gasteiger partial charge in [0.15, 0.2) is 5.78 Å². The highest BCUT2D eigenvalue weighted by Gasteiger charge is 2.65. The van der Waals surface area contributed by atoms with Gasteiger partial charge in [0.2, 0.25) is 11.8 Å². The van der Waals surface area contributed by atoms with E-state index in [1.54, 1.807) is 24.3 Å². The van der Waals surface area contributed by atoms with E-state index in [-0.39, 0.29) is 23.6 Å². The van der Waals surface area contributed by atoms with Crippen LogP contribution in [0.1, 0.15) is 37.9 Å². The molecule has 5 nitrogen and oxygen atoms in total. The van der Waals surface area contributed by atoms with Gasteiger partial charge < -0.3 is 4.90 Å². The van der Waals surface area contributed by atoms with Crippen LogP contribution in [0.25, 0.3) is 6.08 Å². The van der Waals surface area contributed by atoms with Crippen molar-refractivity contribution in [3.05, 3.63) is 70.9 Å². The molecule has 0 bridgehead atoms. The molecule has 3 aliphatic rings. The van der Waals surface area contributed by atoms with Crippen LogP contribution in [0.3, 0.4) is 0 Å². The van der Waals surface area contributed by atoms with E-state index >= 15 is 0 Å². The third-order valence-corrected chi connectivity index (χ3v) is 6.81. The SMILES string of the molecule is CC(C)(C)C(=O)[C@@H]1[C@@H]2C(=O)N(c3ccc(Cl)cc3)C(=O)[C@@H]2C2c3ccccc3C=CN21. The van der Waals surface area contributed by atoms with Gasteiger partial charge in [-0.15, -0.1) is 0 Å². The van der Waals surface area contributed by atoms with Gasteiger partial charge in [-0.3, -0.25) is 14.4 Å². The van der Waals surface area contributed by atoms with Crippen molar-refractivity contribution in [1.82, 2.24) is 4.90 Å².